The second-order valence-corrected chi connectivity index (χ2v) is 5.23. The van der Waals surface area contributed by atoms with Crippen molar-refractivity contribution in [3.8, 4) is 0 Å². The lowest BCUT2D eigenvalue weighted by atomic mass is 10.1. The van der Waals surface area contributed by atoms with Crippen LogP contribution >= 0.6 is 12.2 Å². The highest BCUT2D eigenvalue weighted by Crippen LogP contribution is 2.42. The first kappa shape index (κ1) is 12.1. The second kappa shape index (κ2) is 4.97. The highest BCUT2D eigenvalue weighted by atomic mass is 32.1. The Morgan fingerprint density at radius 2 is 2.05 bits per heavy atom. The number of pyridine rings is 1. The molecule has 1 aliphatic rings. The predicted molar refractivity (Wildman–Crippen MR) is 81.3 cm³/mol. The second-order valence-electron chi connectivity index (χ2n) is 4.79. The first-order chi connectivity index (χ1) is 9.25. The molecule has 0 bridgehead atoms. The van der Waals surface area contributed by atoms with Gasteiger partial charge in [-0.1, -0.05) is 42.5 Å². The SMILES string of the molecule is NC(=S)c1ccncc1NC1CC1c1ccccc1. The summed E-state index contributed by atoms with van der Waals surface area (Å²) in [5.41, 5.74) is 8.89. The van der Waals surface area contributed by atoms with Gasteiger partial charge in [0.25, 0.3) is 0 Å². The lowest BCUT2D eigenvalue weighted by Gasteiger charge is -2.10. The van der Waals surface area contributed by atoms with E-state index in [1.165, 1.54) is 5.56 Å². The van der Waals surface area contributed by atoms with Crippen LogP contribution in [0.25, 0.3) is 0 Å². The molecule has 0 radical (unpaired) electrons. The fourth-order valence-electron chi connectivity index (χ4n) is 2.35. The third-order valence-electron chi connectivity index (χ3n) is 3.45. The van der Waals surface area contributed by atoms with Crippen molar-refractivity contribution in [1.82, 2.24) is 4.98 Å². The number of anilines is 1. The molecule has 3 nitrogen and oxygen atoms in total. The van der Waals surface area contributed by atoms with Crippen LogP contribution in [-0.4, -0.2) is 16.0 Å². The first-order valence-electron chi connectivity index (χ1n) is 6.31. The first-order valence-corrected chi connectivity index (χ1v) is 6.72. The van der Waals surface area contributed by atoms with Gasteiger partial charge in [-0.3, -0.25) is 4.98 Å². The summed E-state index contributed by atoms with van der Waals surface area (Å²) >= 11 is 5.06. The highest BCUT2D eigenvalue weighted by molar-refractivity contribution is 7.80. The van der Waals surface area contributed by atoms with Crippen LogP contribution < -0.4 is 11.1 Å². The molecule has 2 unspecified atom stereocenters. The van der Waals surface area contributed by atoms with Crippen LogP contribution in [0.4, 0.5) is 5.69 Å². The fourth-order valence-corrected chi connectivity index (χ4v) is 2.53. The van der Waals surface area contributed by atoms with Crippen molar-refractivity contribution in [3.63, 3.8) is 0 Å². The fraction of sp³-hybridized carbons (Fsp3) is 0.200. The van der Waals surface area contributed by atoms with Gasteiger partial charge in [-0.2, -0.15) is 0 Å². The number of rotatable bonds is 4. The van der Waals surface area contributed by atoms with Crippen LogP contribution in [0, 0.1) is 0 Å². The molecule has 19 heavy (non-hydrogen) atoms. The van der Waals surface area contributed by atoms with Gasteiger partial charge in [0.15, 0.2) is 0 Å². The van der Waals surface area contributed by atoms with E-state index in [0.717, 1.165) is 17.7 Å². The molecule has 1 aliphatic carbocycles. The van der Waals surface area contributed by atoms with E-state index >= 15 is 0 Å². The summed E-state index contributed by atoms with van der Waals surface area (Å²) in [7, 11) is 0. The normalized spacial score (nSPS) is 20.8. The summed E-state index contributed by atoms with van der Waals surface area (Å²) in [6, 6.07) is 12.8. The largest absolute Gasteiger partial charge is 0.389 e. The van der Waals surface area contributed by atoms with E-state index < -0.39 is 0 Å². The zero-order valence-electron chi connectivity index (χ0n) is 10.4. The summed E-state index contributed by atoms with van der Waals surface area (Å²) in [4.78, 5) is 4.53. The van der Waals surface area contributed by atoms with E-state index in [9.17, 15) is 0 Å². The monoisotopic (exact) mass is 269 g/mol. The topological polar surface area (TPSA) is 50.9 Å². The van der Waals surface area contributed by atoms with Crippen molar-refractivity contribution in [2.75, 3.05) is 5.32 Å². The summed E-state index contributed by atoms with van der Waals surface area (Å²) in [5.74, 6) is 0.570. The summed E-state index contributed by atoms with van der Waals surface area (Å²) in [6.07, 6.45) is 4.63. The molecular weight excluding hydrogens is 254 g/mol. The van der Waals surface area contributed by atoms with Crippen LogP contribution in [0.2, 0.25) is 0 Å². The van der Waals surface area contributed by atoms with Crippen molar-refractivity contribution in [2.24, 2.45) is 5.73 Å². The molecule has 0 saturated heterocycles. The molecule has 2 aromatic rings. The van der Waals surface area contributed by atoms with E-state index in [1.54, 1.807) is 12.4 Å². The third kappa shape index (κ3) is 2.58. The zero-order chi connectivity index (χ0) is 13.2. The van der Waals surface area contributed by atoms with Crippen molar-refractivity contribution in [2.45, 2.75) is 18.4 Å². The number of benzene rings is 1. The summed E-state index contributed by atoms with van der Waals surface area (Å²) < 4.78 is 0. The van der Waals surface area contributed by atoms with Crippen LogP contribution in [0.15, 0.2) is 48.8 Å². The zero-order valence-corrected chi connectivity index (χ0v) is 11.2. The van der Waals surface area contributed by atoms with Crippen molar-refractivity contribution in [1.29, 1.82) is 0 Å². The van der Waals surface area contributed by atoms with E-state index in [-0.39, 0.29) is 0 Å². The van der Waals surface area contributed by atoms with Gasteiger partial charge in [0.05, 0.1) is 11.9 Å². The van der Waals surface area contributed by atoms with Gasteiger partial charge in [-0.05, 0) is 18.1 Å². The molecule has 1 saturated carbocycles. The predicted octanol–water partition coefficient (Wildman–Crippen LogP) is 2.68. The van der Waals surface area contributed by atoms with Crippen molar-refractivity contribution < 1.29 is 0 Å². The van der Waals surface area contributed by atoms with E-state index in [1.807, 2.05) is 12.1 Å². The maximum Gasteiger partial charge on any atom is 0.106 e. The Morgan fingerprint density at radius 1 is 1.26 bits per heavy atom. The Balaban J connectivity index is 1.73. The lowest BCUT2D eigenvalue weighted by molar-refractivity contribution is 1.04. The Labute approximate surface area is 117 Å². The van der Waals surface area contributed by atoms with Crippen LogP contribution in [0.3, 0.4) is 0 Å². The molecule has 0 aliphatic heterocycles. The maximum atomic E-state index is 5.72. The quantitative estimate of drug-likeness (QED) is 0.838. The third-order valence-corrected chi connectivity index (χ3v) is 3.67. The minimum Gasteiger partial charge on any atom is -0.389 e. The average molecular weight is 269 g/mol. The molecule has 4 heteroatoms. The Hall–Kier alpha value is -1.94. The van der Waals surface area contributed by atoms with E-state index in [4.69, 9.17) is 18.0 Å². The lowest BCUT2D eigenvalue weighted by Crippen LogP contribution is -2.14. The highest BCUT2D eigenvalue weighted by Gasteiger charge is 2.38. The van der Waals surface area contributed by atoms with Crippen LogP contribution in [0.5, 0.6) is 0 Å². The molecule has 1 heterocycles. The number of nitrogens with one attached hydrogen (secondary N) is 1. The molecule has 3 N–H and O–H groups in total. The molecule has 1 aromatic carbocycles. The molecule has 3 rings (SSSR count). The van der Waals surface area contributed by atoms with Gasteiger partial charge in [-0.15, -0.1) is 0 Å². The van der Waals surface area contributed by atoms with Gasteiger partial charge in [0, 0.05) is 23.7 Å². The van der Waals surface area contributed by atoms with E-state index in [0.29, 0.717) is 16.9 Å². The average Bonchev–Trinajstić information content (AvgIpc) is 3.19. The number of thiocarbonyl (C=S) groups is 1. The molecular formula is C15H15N3S. The van der Waals surface area contributed by atoms with Gasteiger partial charge >= 0.3 is 0 Å². The molecule has 0 amide bonds. The smallest absolute Gasteiger partial charge is 0.106 e. The summed E-state index contributed by atoms with van der Waals surface area (Å²) in [6.45, 7) is 0. The van der Waals surface area contributed by atoms with Crippen molar-refractivity contribution in [3.05, 3.63) is 59.9 Å². The number of nitrogens with zero attached hydrogens (tertiary/aromatic N) is 1. The number of aromatic nitrogens is 1. The minimum atomic E-state index is 0.404. The van der Waals surface area contributed by atoms with Gasteiger partial charge in [-0.25, -0.2) is 0 Å². The van der Waals surface area contributed by atoms with Gasteiger partial charge < -0.3 is 11.1 Å². The molecule has 0 spiro atoms. The standard InChI is InChI=1S/C15H15N3S/c16-15(19)11-6-7-17-9-14(11)18-13-8-12(13)10-4-2-1-3-5-10/h1-7,9,12-13,18H,8H2,(H2,16,19). The number of nitrogens with two attached hydrogens (primary N) is 1. The van der Waals surface area contributed by atoms with Gasteiger partial charge in [0.1, 0.15) is 4.99 Å². The molecule has 1 fully saturated rings. The maximum absolute atomic E-state index is 5.72. The Morgan fingerprint density at radius 3 is 2.79 bits per heavy atom. The minimum absolute atomic E-state index is 0.404. The summed E-state index contributed by atoms with van der Waals surface area (Å²) in [5, 5.41) is 3.48. The van der Waals surface area contributed by atoms with Crippen LogP contribution in [0.1, 0.15) is 23.5 Å². The Kier molecular flexibility index (Phi) is 3.17. The number of hydrogen-bond acceptors (Lipinski definition) is 3. The van der Waals surface area contributed by atoms with Crippen molar-refractivity contribution >= 4 is 22.9 Å². The molecule has 1 aromatic heterocycles. The van der Waals surface area contributed by atoms with Gasteiger partial charge in [0.2, 0.25) is 0 Å². The number of hydrogen-bond donors (Lipinski definition) is 2. The van der Waals surface area contributed by atoms with Crippen LogP contribution in [-0.2, 0) is 0 Å². The van der Waals surface area contributed by atoms with E-state index in [2.05, 4.69) is 34.6 Å². The Bertz CT molecular complexity index is 597. The molecule has 96 valence electrons. The molecule has 2 atom stereocenters.